The van der Waals surface area contributed by atoms with Crippen molar-refractivity contribution in [3.05, 3.63) is 22.4 Å². The Balaban J connectivity index is 1.65. The maximum atomic E-state index is 12.1. The van der Waals surface area contributed by atoms with Crippen molar-refractivity contribution in [3.8, 4) is 0 Å². The molecule has 1 atom stereocenters. The van der Waals surface area contributed by atoms with E-state index in [9.17, 15) is 4.79 Å². The zero-order chi connectivity index (χ0) is 15.8. The third-order valence-corrected chi connectivity index (χ3v) is 5.70. The molecule has 0 bridgehead atoms. The molecule has 1 aromatic heterocycles. The van der Waals surface area contributed by atoms with Gasteiger partial charge in [0.2, 0.25) is 5.91 Å². The van der Waals surface area contributed by atoms with Crippen LogP contribution in [0.25, 0.3) is 0 Å². The van der Waals surface area contributed by atoms with Gasteiger partial charge in [0.25, 0.3) is 0 Å². The lowest BCUT2D eigenvalue weighted by Gasteiger charge is -2.24. The zero-order valence-electron chi connectivity index (χ0n) is 14.0. The smallest absolute Gasteiger partial charge is 0.220 e. The summed E-state index contributed by atoms with van der Waals surface area (Å²) in [5.74, 6) is 1.08. The minimum Gasteiger partial charge on any atom is -0.354 e. The molecule has 0 radical (unpaired) electrons. The van der Waals surface area contributed by atoms with Crippen molar-refractivity contribution in [2.75, 3.05) is 20.6 Å². The molecule has 0 aliphatic heterocycles. The molecule has 0 saturated heterocycles. The second-order valence-electron chi connectivity index (χ2n) is 6.70. The van der Waals surface area contributed by atoms with Gasteiger partial charge >= 0.3 is 0 Å². The van der Waals surface area contributed by atoms with Gasteiger partial charge in [-0.1, -0.05) is 38.2 Å². The molecule has 1 aliphatic rings. The Bertz CT molecular complexity index is 424. The van der Waals surface area contributed by atoms with E-state index in [2.05, 4.69) is 41.8 Å². The molecule has 1 N–H and O–H groups in total. The summed E-state index contributed by atoms with van der Waals surface area (Å²) in [5, 5.41) is 5.21. The van der Waals surface area contributed by atoms with Crippen LogP contribution in [0.15, 0.2) is 17.5 Å². The first-order chi connectivity index (χ1) is 10.7. The normalized spacial score (nSPS) is 17.6. The predicted molar refractivity (Wildman–Crippen MR) is 94.2 cm³/mol. The number of nitrogens with one attached hydrogen (secondary N) is 1. The Hall–Kier alpha value is -0.870. The summed E-state index contributed by atoms with van der Waals surface area (Å²) >= 11 is 1.75. The van der Waals surface area contributed by atoms with Crippen molar-refractivity contribution >= 4 is 17.2 Å². The van der Waals surface area contributed by atoms with E-state index in [1.54, 1.807) is 11.3 Å². The fourth-order valence-corrected chi connectivity index (χ4v) is 4.27. The van der Waals surface area contributed by atoms with Gasteiger partial charge in [-0.3, -0.25) is 4.79 Å². The van der Waals surface area contributed by atoms with Crippen molar-refractivity contribution in [1.29, 1.82) is 0 Å². The number of hydrogen-bond acceptors (Lipinski definition) is 3. The number of carbonyl (C=O) groups is 1. The van der Waals surface area contributed by atoms with E-state index in [-0.39, 0.29) is 11.9 Å². The van der Waals surface area contributed by atoms with Crippen LogP contribution in [-0.4, -0.2) is 31.4 Å². The van der Waals surface area contributed by atoms with Crippen molar-refractivity contribution in [1.82, 2.24) is 10.2 Å². The standard InChI is InChI=1S/C18H30N2OS/c1-20(2)16(17-11-7-13-22-17)14-19-18(21)12-6-10-15-8-4-3-5-9-15/h7,11,13,15-16H,3-6,8-10,12,14H2,1-2H3,(H,19,21). The lowest BCUT2D eigenvalue weighted by atomic mass is 9.86. The van der Waals surface area contributed by atoms with E-state index in [4.69, 9.17) is 0 Å². The Kier molecular flexibility index (Phi) is 7.40. The molecule has 1 fully saturated rings. The average Bonchev–Trinajstić information content (AvgIpc) is 3.02. The quantitative estimate of drug-likeness (QED) is 0.777. The molecule has 22 heavy (non-hydrogen) atoms. The number of nitrogens with zero attached hydrogens (tertiary/aromatic N) is 1. The van der Waals surface area contributed by atoms with Gasteiger partial charge in [0, 0.05) is 17.8 Å². The molecule has 124 valence electrons. The summed E-state index contributed by atoms with van der Waals surface area (Å²) in [6.45, 7) is 0.704. The molecular weight excluding hydrogens is 292 g/mol. The Morgan fingerprint density at radius 1 is 1.36 bits per heavy atom. The Morgan fingerprint density at radius 3 is 2.77 bits per heavy atom. The molecule has 3 nitrogen and oxygen atoms in total. The van der Waals surface area contributed by atoms with Crippen LogP contribution >= 0.6 is 11.3 Å². The third-order valence-electron chi connectivity index (χ3n) is 4.73. The molecule has 1 heterocycles. The van der Waals surface area contributed by atoms with Gasteiger partial charge in [-0.25, -0.2) is 0 Å². The van der Waals surface area contributed by atoms with Crippen LogP contribution < -0.4 is 5.32 Å². The van der Waals surface area contributed by atoms with E-state index in [0.717, 1.165) is 12.3 Å². The van der Waals surface area contributed by atoms with E-state index >= 15 is 0 Å². The van der Waals surface area contributed by atoms with Crippen molar-refractivity contribution in [2.24, 2.45) is 5.92 Å². The van der Waals surface area contributed by atoms with E-state index in [1.165, 1.54) is 43.4 Å². The van der Waals surface area contributed by atoms with Crippen molar-refractivity contribution < 1.29 is 4.79 Å². The summed E-state index contributed by atoms with van der Waals surface area (Å²) < 4.78 is 0. The molecule has 1 aliphatic carbocycles. The summed E-state index contributed by atoms with van der Waals surface area (Å²) in [5.41, 5.74) is 0. The lowest BCUT2D eigenvalue weighted by Crippen LogP contribution is -2.34. The van der Waals surface area contributed by atoms with E-state index < -0.39 is 0 Å². The number of thiophene rings is 1. The number of likely N-dealkylation sites (N-methyl/N-ethyl adjacent to an activating group) is 1. The fraction of sp³-hybridized carbons (Fsp3) is 0.722. The Morgan fingerprint density at radius 2 is 2.14 bits per heavy atom. The third kappa shape index (κ3) is 5.73. The molecule has 4 heteroatoms. The molecule has 0 aromatic carbocycles. The highest BCUT2D eigenvalue weighted by atomic mass is 32.1. The lowest BCUT2D eigenvalue weighted by molar-refractivity contribution is -0.121. The minimum absolute atomic E-state index is 0.208. The number of rotatable bonds is 8. The van der Waals surface area contributed by atoms with Gasteiger partial charge < -0.3 is 10.2 Å². The molecular formula is C18H30N2OS. The van der Waals surface area contributed by atoms with Crippen molar-refractivity contribution in [2.45, 2.75) is 57.4 Å². The first kappa shape index (κ1) is 17.5. The van der Waals surface area contributed by atoms with Gasteiger partial charge in [-0.05, 0) is 44.3 Å². The second-order valence-corrected chi connectivity index (χ2v) is 7.67. The molecule has 1 saturated carbocycles. The molecule has 0 spiro atoms. The average molecular weight is 323 g/mol. The first-order valence-electron chi connectivity index (χ1n) is 8.63. The maximum Gasteiger partial charge on any atom is 0.220 e. The van der Waals surface area contributed by atoms with Crippen LogP contribution in [-0.2, 0) is 4.79 Å². The van der Waals surface area contributed by atoms with Gasteiger partial charge in [-0.15, -0.1) is 11.3 Å². The highest BCUT2D eigenvalue weighted by Crippen LogP contribution is 2.27. The van der Waals surface area contributed by atoms with E-state index in [1.807, 2.05) is 0 Å². The second kappa shape index (κ2) is 9.31. The number of amides is 1. The highest BCUT2D eigenvalue weighted by molar-refractivity contribution is 7.10. The summed E-state index contributed by atoms with van der Waals surface area (Å²) in [4.78, 5) is 15.5. The number of hydrogen-bond donors (Lipinski definition) is 1. The molecule has 2 rings (SSSR count). The first-order valence-corrected chi connectivity index (χ1v) is 9.51. The van der Waals surface area contributed by atoms with Crippen LogP contribution in [0.5, 0.6) is 0 Å². The van der Waals surface area contributed by atoms with Gasteiger partial charge in [0.05, 0.1) is 6.04 Å². The summed E-state index contributed by atoms with van der Waals surface area (Å²) in [6, 6.07) is 4.50. The maximum absolute atomic E-state index is 12.1. The van der Waals surface area contributed by atoms with Crippen molar-refractivity contribution in [3.63, 3.8) is 0 Å². The largest absolute Gasteiger partial charge is 0.354 e. The van der Waals surface area contributed by atoms with Crippen LogP contribution in [0.2, 0.25) is 0 Å². The predicted octanol–water partition coefficient (Wildman–Crippen LogP) is 4.22. The molecule has 1 amide bonds. The van der Waals surface area contributed by atoms with Crippen LogP contribution in [0, 0.1) is 5.92 Å². The Labute approximate surface area is 139 Å². The van der Waals surface area contributed by atoms with Crippen LogP contribution in [0.4, 0.5) is 0 Å². The molecule has 1 unspecified atom stereocenters. The zero-order valence-corrected chi connectivity index (χ0v) is 14.8. The SMILES string of the molecule is CN(C)C(CNC(=O)CCCC1CCCCC1)c1cccs1. The summed E-state index contributed by atoms with van der Waals surface area (Å²) in [6.07, 6.45) is 9.90. The van der Waals surface area contributed by atoms with Gasteiger partial charge in [-0.2, -0.15) is 0 Å². The van der Waals surface area contributed by atoms with Gasteiger partial charge in [0.1, 0.15) is 0 Å². The highest BCUT2D eigenvalue weighted by Gasteiger charge is 2.17. The van der Waals surface area contributed by atoms with Crippen LogP contribution in [0.1, 0.15) is 62.3 Å². The van der Waals surface area contributed by atoms with Crippen LogP contribution in [0.3, 0.4) is 0 Å². The van der Waals surface area contributed by atoms with E-state index in [0.29, 0.717) is 13.0 Å². The topological polar surface area (TPSA) is 32.3 Å². The monoisotopic (exact) mass is 322 g/mol. The number of carbonyl (C=O) groups excluding carboxylic acids is 1. The minimum atomic E-state index is 0.208. The summed E-state index contributed by atoms with van der Waals surface area (Å²) in [7, 11) is 4.14. The molecule has 1 aromatic rings. The van der Waals surface area contributed by atoms with Gasteiger partial charge in [0.15, 0.2) is 0 Å². The fourth-order valence-electron chi connectivity index (χ4n) is 3.34.